The normalized spacial score (nSPS) is 10.5. The first kappa shape index (κ1) is 16.9. The zero-order valence-corrected chi connectivity index (χ0v) is 13.9. The van der Waals surface area contributed by atoms with Crippen molar-refractivity contribution in [2.75, 3.05) is 6.54 Å². The van der Waals surface area contributed by atoms with Gasteiger partial charge in [0.25, 0.3) is 5.91 Å². The van der Waals surface area contributed by atoms with Crippen LogP contribution in [0, 0.1) is 0 Å². The van der Waals surface area contributed by atoms with Crippen LogP contribution in [0.15, 0.2) is 64.2 Å². The maximum absolute atomic E-state index is 11.7. The van der Waals surface area contributed by atoms with E-state index in [1.807, 2.05) is 54.6 Å². The maximum atomic E-state index is 11.7. The third-order valence-corrected chi connectivity index (χ3v) is 3.46. The Kier molecular flexibility index (Phi) is 6.50. The fourth-order valence-electron chi connectivity index (χ4n) is 1.79. The Morgan fingerprint density at radius 1 is 1.00 bits per heavy atom. The lowest BCUT2D eigenvalue weighted by Crippen LogP contribution is -2.35. The fraction of sp³-hybridized carbons (Fsp3) is 0.118. The standard InChI is InChI=1S/C17H16BrN3O2/c18-15-8-6-14(7-9-15)11-20-21-17(23)12-19-16(22)10-13-4-2-1-3-5-13/h1-9,11H,10,12H2,(H,19,22)(H,21,23)/b20-11+. The number of hydrazone groups is 1. The van der Waals surface area contributed by atoms with Gasteiger partial charge >= 0.3 is 0 Å². The van der Waals surface area contributed by atoms with Gasteiger partial charge in [-0.3, -0.25) is 9.59 Å². The van der Waals surface area contributed by atoms with Gasteiger partial charge in [-0.15, -0.1) is 0 Å². The predicted octanol–water partition coefficient (Wildman–Crippen LogP) is 2.26. The Morgan fingerprint density at radius 2 is 1.70 bits per heavy atom. The second-order valence-corrected chi connectivity index (χ2v) is 5.70. The van der Waals surface area contributed by atoms with Crippen molar-refractivity contribution >= 4 is 34.0 Å². The average Bonchev–Trinajstić information content (AvgIpc) is 2.56. The molecule has 0 aliphatic heterocycles. The van der Waals surface area contributed by atoms with Gasteiger partial charge in [0.2, 0.25) is 5.91 Å². The number of benzene rings is 2. The number of carbonyl (C=O) groups excluding carboxylic acids is 2. The van der Waals surface area contributed by atoms with E-state index in [1.165, 1.54) is 6.21 Å². The molecule has 2 aromatic carbocycles. The second-order valence-electron chi connectivity index (χ2n) is 4.78. The van der Waals surface area contributed by atoms with E-state index >= 15 is 0 Å². The molecule has 0 aromatic heterocycles. The van der Waals surface area contributed by atoms with Crippen molar-refractivity contribution < 1.29 is 9.59 Å². The third-order valence-electron chi connectivity index (χ3n) is 2.93. The Labute approximate surface area is 142 Å². The molecular weight excluding hydrogens is 358 g/mol. The van der Waals surface area contributed by atoms with Crippen LogP contribution in [0.1, 0.15) is 11.1 Å². The average molecular weight is 374 g/mol. The molecule has 0 bridgehead atoms. The van der Waals surface area contributed by atoms with Gasteiger partial charge in [0, 0.05) is 4.47 Å². The minimum Gasteiger partial charge on any atom is -0.347 e. The molecule has 2 amide bonds. The topological polar surface area (TPSA) is 70.6 Å². The number of halogens is 1. The summed E-state index contributed by atoms with van der Waals surface area (Å²) in [6.45, 7) is -0.108. The molecule has 0 saturated carbocycles. The fourth-order valence-corrected chi connectivity index (χ4v) is 2.05. The second kappa shape index (κ2) is 8.85. The van der Waals surface area contributed by atoms with Crippen LogP contribution in [0.4, 0.5) is 0 Å². The van der Waals surface area contributed by atoms with Crippen molar-refractivity contribution in [3.8, 4) is 0 Å². The van der Waals surface area contributed by atoms with Gasteiger partial charge in [0.15, 0.2) is 0 Å². The summed E-state index contributed by atoms with van der Waals surface area (Å²) >= 11 is 3.34. The van der Waals surface area contributed by atoms with Crippen molar-refractivity contribution in [3.63, 3.8) is 0 Å². The lowest BCUT2D eigenvalue weighted by Gasteiger charge is -2.04. The zero-order chi connectivity index (χ0) is 16.5. The van der Waals surface area contributed by atoms with Crippen molar-refractivity contribution in [1.29, 1.82) is 0 Å². The van der Waals surface area contributed by atoms with Gasteiger partial charge in [0.05, 0.1) is 19.2 Å². The molecule has 0 unspecified atom stereocenters. The Balaban J connectivity index is 1.70. The largest absolute Gasteiger partial charge is 0.347 e. The molecule has 118 valence electrons. The van der Waals surface area contributed by atoms with Gasteiger partial charge in [-0.05, 0) is 23.3 Å². The molecule has 0 radical (unpaired) electrons. The van der Waals surface area contributed by atoms with Gasteiger partial charge < -0.3 is 5.32 Å². The number of rotatable bonds is 6. The van der Waals surface area contributed by atoms with E-state index < -0.39 is 0 Å². The first-order valence-corrected chi connectivity index (χ1v) is 7.81. The molecule has 23 heavy (non-hydrogen) atoms. The van der Waals surface area contributed by atoms with E-state index in [4.69, 9.17) is 0 Å². The van der Waals surface area contributed by atoms with Gasteiger partial charge in [-0.25, -0.2) is 5.43 Å². The molecular formula is C17H16BrN3O2. The third kappa shape index (κ3) is 6.44. The summed E-state index contributed by atoms with van der Waals surface area (Å²) in [7, 11) is 0. The van der Waals surface area contributed by atoms with Gasteiger partial charge in [0.1, 0.15) is 0 Å². The molecule has 5 nitrogen and oxygen atoms in total. The summed E-state index contributed by atoms with van der Waals surface area (Å²) in [6, 6.07) is 16.8. The molecule has 2 aromatic rings. The minimum absolute atomic E-state index is 0.108. The predicted molar refractivity (Wildman–Crippen MR) is 93.0 cm³/mol. The van der Waals surface area contributed by atoms with Crippen LogP contribution >= 0.6 is 15.9 Å². The lowest BCUT2D eigenvalue weighted by molar-refractivity contribution is -0.125. The molecule has 2 rings (SSSR count). The van der Waals surface area contributed by atoms with Crippen molar-refractivity contribution in [3.05, 3.63) is 70.2 Å². The molecule has 0 aliphatic carbocycles. The van der Waals surface area contributed by atoms with Crippen LogP contribution in [0.5, 0.6) is 0 Å². The van der Waals surface area contributed by atoms with Crippen LogP contribution in [-0.4, -0.2) is 24.6 Å². The number of amides is 2. The summed E-state index contributed by atoms with van der Waals surface area (Å²) in [5.41, 5.74) is 4.13. The van der Waals surface area contributed by atoms with Crippen LogP contribution < -0.4 is 10.7 Å². The summed E-state index contributed by atoms with van der Waals surface area (Å²) in [5.74, 6) is -0.581. The molecule has 0 atom stereocenters. The van der Waals surface area contributed by atoms with Gasteiger partial charge in [-0.2, -0.15) is 5.10 Å². The maximum Gasteiger partial charge on any atom is 0.259 e. The SMILES string of the molecule is O=C(Cc1ccccc1)NCC(=O)N/N=C/c1ccc(Br)cc1. The van der Waals surface area contributed by atoms with E-state index in [0.717, 1.165) is 15.6 Å². The van der Waals surface area contributed by atoms with Crippen LogP contribution in [-0.2, 0) is 16.0 Å². The minimum atomic E-state index is -0.375. The number of nitrogens with zero attached hydrogens (tertiary/aromatic N) is 1. The van der Waals surface area contributed by atoms with E-state index in [-0.39, 0.29) is 24.8 Å². The van der Waals surface area contributed by atoms with Gasteiger partial charge in [-0.1, -0.05) is 58.4 Å². The summed E-state index contributed by atoms with van der Waals surface area (Å²) in [4.78, 5) is 23.3. The van der Waals surface area contributed by atoms with E-state index in [9.17, 15) is 9.59 Å². The number of hydrogen-bond acceptors (Lipinski definition) is 3. The first-order valence-electron chi connectivity index (χ1n) is 7.01. The van der Waals surface area contributed by atoms with Crippen molar-refractivity contribution in [2.24, 2.45) is 5.10 Å². The number of carbonyl (C=O) groups is 2. The molecule has 0 saturated heterocycles. The number of hydrogen-bond donors (Lipinski definition) is 2. The molecule has 2 N–H and O–H groups in total. The molecule has 0 heterocycles. The van der Waals surface area contributed by atoms with E-state index in [0.29, 0.717) is 0 Å². The highest BCUT2D eigenvalue weighted by Gasteiger charge is 2.05. The summed E-state index contributed by atoms with van der Waals surface area (Å²) in [5, 5.41) is 6.40. The van der Waals surface area contributed by atoms with Crippen molar-refractivity contribution in [1.82, 2.24) is 10.7 Å². The first-order chi connectivity index (χ1) is 11.1. The van der Waals surface area contributed by atoms with E-state index in [2.05, 4.69) is 31.8 Å². The molecule has 0 aliphatic rings. The number of nitrogens with one attached hydrogen (secondary N) is 2. The Hall–Kier alpha value is -2.47. The smallest absolute Gasteiger partial charge is 0.259 e. The lowest BCUT2D eigenvalue weighted by atomic mass is 10.1. The quantitative estimate of drug-likeness (QED) is 0.602. The molecule has 0 spiro atoms. The highest BCUT2D eigenvalue weighted by molar-refractivity contribution is 9.10. The van der Waals surface area contributed by atoms with Crippen molar-refractivity contribution in [2.45, 2.75) is 6.42 Å². The Morgan fingerprint density at radius 3 is 2.39 bits per heavy atom. The van der Waals surface area contributed by atoms with Crippen LogP contribution in [0.25, 0.3) is 0 Å². The van der Waals surface area contributed by atoms with Crippen LogP contribution in [0.2, 0.25) is 0 Å². The molecule has 0 fully saturated rings. The summed E-state index contributed by atoms with van der Waals surface area (Å²) < 4.78 is 0.972. The van der Waals surface area contributed by atoms with E-state index in [1.54, 1.807) is 0 Å². The zero-order valence-electron chi connectivity index (χ0n) is 12.3. The molecule has 6 heteroatoms. The Bertz CT molecular complexity index is 685. The highest BCUT2D eigenvalue weighted by Crippen LogP contribution is 2.08. The summed E-state index contributed by atoms with van der Waals surface area (Å²) in [6.07, 6.45) is 1.78. The monoisotopic (exact) mass is 373 g/mol. The highest BCUT2D eigenvalue weighted by atomic mass is 79.9. The van der Waals surface area contributed by atoms with Crippen LogP contribution in [0.3, 0.4) is 0 Å².